The molecule has 0 aromatic heterocycles. The number of aryl methyl sites for hydroxylation is 1. The van der Waals surface area contributed by atoms with Gasteiger partial charge in [0.25, 0.3) is 0 Å². The number of anilines is 1. The van der Waals surface area contributed by atoms with Crippen LogP contribution in [0.1, 0.15) is 45.6 Å². The standard InChI is InChI=1S/C18H27BrN2O2/c1-13-7-8-15(12-16(13)19)20-14-6-5-10-21(11-9-14)17(22)23-18(2,3)4/h7-8,12,14,20H,5-6,9-11H2,1-4H3. The van der Waals surface area contributed by atoms with E-state index in [0.29, 0.717) is 6.04 Å². The lowest BCUT2D eigenvalue weighted by atomic mass is 10.1. The predicted molar refractivity (Wildman–Crippen MR) is 97.9 cm³/mol. The highest BCUT2D eigenvalue weighted by Gasteiger charge is 2.25. The number of benzene rings is 1. The number of likely N-dealkylation sites (tertiary alicyclic amines) is 1. The molecular weight excluding hydrogens is 356 g/mol. The molecule has 1 atom stereocenters. The molecule has 128 valence electrons. The highest BCUT2D eigenvalue weighted by molar-refractivity contribution is 9.10. The number of hydrogen-bond donors (Lipinski definition) is 1. The second-order valence-electron chi connectivity index (χ2n) is 7.20. The monoisotopic (exact) mass is 382 g/mol. The minimum atomic E-state index is -0.435. The summed E-state index contributed by atoms with van der Waals surface area (Å²) in [6.07, 6.45) is 2.79. The van der Waals surface area contributed by atoms with Crippen molar-refractivity contribution in [2.45, 2.75) is 58.6 Å². The van der Waals surface area contributed by atoms with Gasteiger partial charge in [-0.05, 0) is 64.7 Å². The number of halogens is 1. The van der Waals surface area contributed by atoms with Gasteiger partial charge in [0, 0.05) is 29.3 Å². The van der Waals surface area contributed by atoms with E-state index in [2.05, 4.69) is 46.4 Å². The SMILES string of the molecule is Cc1ccc(NC2CCCN(C(=O)OC(C)(C)C)CC2)cc1Br. The summed E-state index contributed by atoms with van der Waals surface area (Å²) in [6.45, 7) is 9.30. The van der Waals surface area contributed by atoms with E-state index in [9.17, 15) is 4.79 Å². The Morgan fingerprint density at radius 3 is 2.70 bits per heavy atom. The van der Waals surface area contributed by atoms with E-state index in [4.69, 9.17) is 4.74 Å². The second kappa shape index (κ2) is 7.56. The van der Waals surface area contributed by atoms with Crippen LogP contribution in [0.15, 0.2) is 22.7 Å². The smallest absolute Gasteiger partial charge is 0.410 e. The fraction of sp³-hybridized carbons (Fsp3) is 0.611. The summed E-state index contributed by atoms with van der Waals surface area (Å²) < 4.78 is 6.59. The first kappa shape index (κ1) is 18.1. The van der Waals surface area contributed by atoms with Gasteiger partial charge in [0.15, 0.2) is 0 Å². The zero-order chi connectivity index (χ0) is 17.0. The average Bonchev–Trinajstić information content (AvgIpc) is 2.67. The molecule has 0 saturated carbocycles. The van der Waals surface area contributed by atoms with Crippen molar-refractivity contribution < 1.29 is 9.53 Å². The summed E-state index contributed by atoms with van der Waals surface area (Å²) >= 11 is 3.57. The topological polar surface area (TPSA) is 41.6 Å². The molecule has 1 fully saturated rings. The fourth-order valence-electron chi connectivity index (χ4n) is 2.67. The van der Waals surface area contributed by atoms with Gasteiger partial charge in [0.05, 0.1) is 0 Å². The van der Waals surface area contributed by atoms with Gasteiger partial charge in [-0.2, -0.15) is 0 Å². The molecule has 1 saturated heterocycles. The lowest BCUT2D eigenvalue weighted by Gasteiger charge is -2.26. The van der Waals surface area contributed by atoms with Gasteiger partial charge in [-0.15, -0.1) is 0 Å². The van der Waals surface area contributed by atoms with Crippen LogP contribution < -0.4 is 5.32 Å². The molecule has 1 aliphatic heterocycles. The summed E-state index contributed by atoms with van der Waals surface area (Å²) in [7, 11) is 0. The molecule has 23 heavy (non-hydrogen) atoms. The second-order valence-corrected chi connectivity index (χ2v) is 8.06. The molecule has 1 unspecified atom stereocenters. The lowest BCUT2D eigenvalue weighted by molar-refractivity contribution is 0.0256. The molecule has 0 bridgehead atoms. The molecule has 2 rings (SSSR count). The van der Waals surface area contributed by atoms with E-state index < -0.39 is 5.60 Å². The molecule has 0 aliphatic carbocycles. The summed E-state index contributed by atoms with van der Waals surface area (Å²) in [5, 5.41) is 3.59. The summed E-state index contributed by atoms with van der Waals surface area (Å²) in [5.41, 5.74) is 1.92. The minimum absolute atomic E-state index is 0.198. The molecule has 1 aromatic carbocycles. The third-order valence-electron chi connectivity index (χ3n) is 3.92. The maximum atomic E-state index is 12.2. The molecule has 1 aromatic rings. The molecular formula is C18H27BrN2O2. The Morgan fingerprint density at radius 1 is 1.30 bits per heavy atom. The maximum absolute atomic E-state index is 12.2. The van der Waals surface area contributed by atoms with Crippen LogP contribution in [0.2, 0.25) is 0 Å². The van der Waals surface area contributed by atoms with E-state index in [1.165, 1.54) is 5.56 Å². The van der Waals surface area contributed by atoms with Crippen molar-refractivity contribution in [2.24, 2.45) is 0 Å². The Balaban J connectivity index is 1.90. The van der Waals surface area contributed by atoms with Gasteiger partial charge in [-0.3, -0.25) is 0 Å². The Bertz CT molecular complexity index is 554. The van der Waals surface area contributed by atoms with Crippen LogP contribution in [-0.2, 0) is 4.74 Å². The van der Waals surface area contributed by atoms with E-state index in [1.807, 2.05) is 25.7 Å². The number of ether oxygens (including phenoxy) is 1. The number of nitrogens with zero attached hydrogens (tertiary/aromatic N) is 1. The number of nitrogens with one attached hydrogen (secondary N) is 1. The maximum Gasteiger partial charge on any atom is 0.410 e. The molecule has 5 heteroatoms. The number of rotatable bonds is 2. The van der Waals surface area contributed by atoms with E-state index in [0.717, 1.165) is 42.5 Å². The van der Waals surface area contributed by atoms with Gasteiger partial charge < -0.3 is 15.0 Å². The predicted octanol–water partition coefficient (Wildman–Crippen LogP) is 4.96. The molecule has 1 heterocycles. The van der Waals surface area contributed by atoms with Crippen molar-refractivity contribution in [3.8, 4) is 0 Å². The van der Waals surface area contributed by atoms with E-state index in [-0.39, 0.29) is 6.09 Å². The molecule has 1 N–H and O–H groups in total. The minimum Gasteiger partial charge on any atom is -0.444 e. The number of carbonyl (C=O) groups excluding carboxylic acids is 1. The van der Waals surface area contributed by atoms with Crippen molar-refractivity contribution in [3.63, 3.8) is 0 Å². The highest BCUT2D eigenvalue weighted by atomic mass is 79.9. The molecule has 0 radical (unpaired) electrons. The van der Waals surface area contributed by atoms with Gasteiger partial charge in [-0.1, -0.05) is 22.0 Å². The van der Waals surface area contributed by atoms with Crippen molar-refractivity contribution in [1.82, 2.24) is 4.90 Å². The summed E-state index contributed by atoms with van der Waals surface area (Å²) in [6, 6.07) is 6.72. The zero-order valence-electron chi connectivity index (χ0n) is 14.5. The third-order valence-corrected chi connectivity index (χ3v) is 4.78. The lowest BCUT2D eigenvalue weighted by Crippen LogP contribution is -2.37. The van der Waals surface area contributed by atoms with Crippen molar-refractivity contribution in [2.75, 3.05) is 18.4 Å². The quantitative estimate of drug-likeness (QED) is 0.785. The van der Waals surface area contributed by atoms with Gasteiger partial charge in [0.2, 0.25) is 0 Å². The van der Waals surface area contributed by atoms with Crippen LogP contribution in [0.5, 0.6) is 0 Å². The number of amides is 1. The fourth-order valence-corrected chi connectivity index (χ4v) is 3.05. The molecule has 1 amide bonds. The molecule has 4 nitrogen and oxygen atoms in total. The number of carbonyl (C=O) groups is 1. The third kappa shape index (κ3) is 5.72. The van der Waals surface area contributed by atoms with Crippen LogP contribution in [0.4, 0.5) is 10.5 Å². The van der Waals surface area contributed by atoms with Crippen molar-refractivity contribution in [3.05, 3.63) is 28.2 Å². The number of hydrogen-bond acceptors (Lipinski definition) is 3. The van der Waals surface area contributed by atoms with E-state index in [1.54, 1.807) is 0 Å². The van der Waals surface area contributed by atoms with Crippen molar-refractivity contribution in [1.29, 1.82) is 0 Å². The molecule has 0 spiro atoms. The zero-order valence-corrected chi connectivity index (χ0v) is 16.1. The van der Waals surface area contributed by atoms with Crippen LogP contribution in [0, 0.1) is 6.92 Å². The first-order valence-corrected chi connectivity index (χ1v) is 9.04. The van der Waals surface area contributed by atoms with Gasteiger partial charge in [0.1, 0.15) is 5.60 Å². The Labute approximate surface area is 147 Å². The first-order valence-electron chi connectivity index (χ1n) is 8.25. The summed E-state index contributed by atoms with van der Waals surface area (Å²) in [4.78, 5) is 14.0. The first-order chi connectivity index (χ1) is 10.7. The highest BCUT2D eigenvalue weighted by Crippen LogP contribution is 2.23. The normalized spacial score (nSPS) is 19.2. The van der Waals surface area contributed by atoms with Crippen LogP contribution in [0.25, 0.3) is 0 Å². The van der Waals surface area contributed by atoms with Gasteiger partial charge in [-0.25, -0.2) is 4.79 Å². The average molecular weight is 383 g/mol. The Kier molecular flexibility index (Phi) is 5.95. The summed E-state index contributed by atoms with van der Waals surface area (Å²) in [5.74, 6) is 0. The van der Waals surface area contributed by atoms with Gasteiger partial charge >= 0.3 is 6.09 Å². The van der Waals surface area contributed by atoms with E-state index >= 15 is 0 Å². The van der Waals surface area contributed by atoms with Crippen molar-refractivity contribution >= 4 is 27.7 Å². The molecule has 1 aliphatic rings. The van der Waals surface area contributed by atoms with Crippen LogP contribution in [-0.4, -0.2) is 35.7 Å². The Hall–Kier alpha value is -1.23. The largest absolute Gasteiger partial charge is 0.444 e. The van der Waals surface area contributed by atoms with Crippen LogP contribution in [0.3, 0.4) is 0 Å². The van der Waals surface area contributed by atoms with Crippen LogP contribution >= 0.6 is 15.9 Å². The Morgan fingerprint density at radius 2 is 2.04 bits per heavy atom.